The van der Waals surface area contributed by atoms with Crippen molar-refractivity contribution in [3.63, 3.8) is 0 Å². The molecule has 2 rings (SSSR count). The Hall–Kier alpha value is -0.160. The van der Waals surface area contributed by atoms with Crippen molar-refractivity contribution in [2.75, 3.05) is 39.6 Å². The predicted octanol–water partition coefficient (Wildman–Crippen LogP) is 0.951. The zero-order valence-corrected chi connectivity index (χ0v) is 10.2. The van der Waals surface area contributed by atoms with Crippen molar-refractivity contribution in [2.45, 2.75) is 37.8 Å². The summed E-state index contributed by atoms with van der Waals surface area (Å²) >= 11 is 0. The van der Waals surface area contributed by atoms with Crippen LogP contribution in [-0.2, 0) is 14.2 Å². The zero-order valence-electron chi connectivity index (χ0n) is 10.2. The van der Waals surface area contributed by atoms with Gasteiger partial charge in [0.25, 0.3) is 0 Å². The highest BCUT2D eigenvalue weighted by Crippen LogP contribution is 2.32. The molecule has 1 spiro atoms. The maximum absolute atomic E-state index is 5.89. The van der Waals surface area contributed by atoms with Crippen molar-refractivity contribution in [2.24, 2.45) is 0 Å². The van der Waals surface area contributed by atoms with Crippen LogP contribution in [0.1, 0.15) is 26.2 Å². The molecule has 0 aromatic rings. The van der Waals surface area contributed by atoms with Crippen LogP contribution in [0.5, 0.6) is 0 Å². The summed E-state index contributed by atoms with van der Waals surface area (Å²) in [6, 6.07) is 0.566. The predicted molar refractivity (Wildman–Crippen MR) is 61.6 cm³/mol. The average Bonchev–Trinajstić information content (AvgIpc) is 2.73. The Labute approximate surface area is 97.6 Å². The molecule has 0 aliphatic carbocycles. The fourth-order valence-corrected chi connectivity index (χ4v) is 2.54. The van der Waals surface area contributed by atoms with Crippen molar-refractivity contribution < 1.29 is 14.2 Å². The lowest BCUT2D eigenvalue weighted by molar-refractivity contribution is -0.0896. The molecule has 2 heterocycles. The van der Waals surface area contributed by atoms with Crippen molar-refractivity contribution in [3.05, 3.63) is 0 Å². The second-order valence-electron chi connectivity index (χ2n) is 4.67. The Bertz CT molecular complexity index is 204. The second-order valence-corrected chi connectivity index (χ2v) is 4.67. The normalized spacial score (nSPS) is 34.7. The molecule has 2 fully saturated rings. The average molecular weight is 229 g/mol. The summed E-state index contributed by atoms with van der Waals surface area (Å²) in [6.07, 6.45) is 3.24. The van der Waals surface area contributed by atoms with Crippen LogP contribution in [0.4, 0.5) is 0 Å². The van der Waals surface area contributed by atoms with Crippen LogP contribution in [0, 0.1) is 0 Å². The van der Waals surface area contributed by atoms with Crippen molar-refractivity contribution in [1.29, 1.82) is 0 Å². The molecule has 94 valence electrons. The van der Waals surface area contributed by atoms with Crippen LogP contribution in [0.25, 0.3) is 0 Å². The van der Waals surface area contributed by atoms with E-state index in [-0.39, 0.29) is 5.60 Å². The van der Waals surface area contributed by atoms with Crippen molar-refractivity contribution >= 4 is 0 Å². The standard InChI is InChI=1S/C12H23NO3/c1-2-14-8-5-13-11-3-6-16-12(9-11)4-7-15-10-12/h11,13H,2-10H2,1H3. The molecule has 2 aliphatic heterocycles. The molecule has 2 saturated heterocycles. The first-order chi connectivity index (χ1) is 7.85. The maximum Gasteiger partial charge on any atom is 0.0951 e. The van der Waals surface area contributed by atoms with E-state index < -0.39 is 0 Å². The van der Waals surface area contributed by atoms with E-state index in [9.17, 15) is 0 Å². The van der Waals surface area contributed by atoms with Crippen LogP contribution >= 0.6 is 0 Å². The van der Waals surface area contributed by atoms with E-state index in [0.717, 1.165) is 58.8 Å². The Morgan fingerprint density at radius 1 is 1.44 bits per heavy atom. The molecule has 0 saturated carbocycles. The summed E-state index contributed by atoms with van der Waals surface area (Å²) in [5.41, 5.74) is 0.0154. The quantitative estimate of drug-likeness (QED) is 0.713. The molecular weight excluding hydrogens is 206 g/mol. The highest BCUT2D eigenvalue weighted by Gasteiger charge is 2.40. The van der Waals surface area contributed by atoms with E-state index in [1.807, 2.05) is 6.92 Å². The Balaban J connectivity index is 1.70. The molecule has 16 heavy (non-hydrogen) atoms. The first-order valence-corrected chi connectivity index (χ1v) is 6.37. The second kappa shape index (κ2) is 5.96. The van der Waals surface area contributed by atoms with Gasteiger partial charge in [0.2, 0.25) is 0 Å². The number of ether oxygens (including phenoxy) is 3. The molecule has 0 bridgehead atoms. The molecule has 2 atom stereocenters. The molecule has 0 amide bonds. The Morgan fingerprint density at radius 2 is 2.38 bits per heavy atom. The third-order valence-electron chi connectivity index (χ3n) is 3.44. The number of hydrogen-bond donors (Lipinski definition) is 1. The zero-order chi connectivity index (χ0) is 11.3. The van der Waals surface area contributed by atoms with E-state index in [1.165, 1.54) is 0 Å². The smallest absolute Gasteiger partial charge is 0.0951 e. The number of hydrogen-bond acceptors (Lipinski definition) is 4. The van der Waals surface area contributed by atoms with Gasteiger partial charge in [0, 0.05) is 38.8 Å². The van der Waals surface area contributed by atoms with Gasteiger partial charge < -0.3 is 19.5 Å². The van der Waals surface area contributed by atoms with Gasteiger partial charge in [-0.3, -0.25) is 0 Å². The van der Waals surface area contributed by atoms with Crippen molar-refractivity contribution in [3.8, 4) is 0 Å². The number of nitrogens with one attached hydrogen (secondary N) is 1. The molecule has 2 unspecified atom stereocenters. The van der Waals surface area contributed by atoms with Crippen LogP contribution in [-0.4, -0.2) is 51.2 Å². The Kier molecular flexibility index (Phi) is 4.58. The van der Waals surface area contributed by atoms with Gasteiger partial charge >= 0.3 is 0 Å². The summed E-state index contributed by atoms with van der Waals surface area (Å²) in [6.45, 7) is 7.05. The molecule has 0 aromatic carbocycles. The van der Waals surface area contributed by atoms with E-state index in [4.69, 9.17) is 14.2 Å². The molecule has 4 heteroatoms. The Morgan fingerprint density at radius 3 is 3.12 bits per heavy atom. The highest BCUT2D eigenvalue weighted by molar-refractivity contribution is 4.92. The molecule has 0 radical (unpaired) electrons. The van der Waals surface area contributed by atoms with E-state index in [0.29, 0.717) is 6.04 Å². The maximum atomic E-state index is 5.89. The van der Waals surface area contributed by atoms with Gasteiger partial charge in [-0.05, 0) is 19.8 Å². The minimum atomic E-state index is 0.0154. The first-order valence-electron chi connectivity index (χ1n) is 6.37. The summed E-state index contributed by atoms with van der Waals surface area (Å²) in [7, 11) is 0. The molecular formula is C12H23NO3. The summed E-state index contributed by atoms with van der Waals surface area (Å²) in [5, 5.41) is 3.55. The van der Waals surface area contributed by atoms with Crippen LogP contribution in [0.2, 0.25) is 0 Å². The lowest BCUT2D eigenvalue weighted by atomic mass is 9.90. The fourth-order valence-electron chi connectivity index (χ4n) is 2.54. The van der Waals surface area contributed by atoms with Gasteiger partial charge in [-0.15, -0.1) is 0 Å². The topological polar surface area (TPSA) is 39.7 Å². The van der Waals surface area contributed by atoms with E-state index in [2.05, 4.69) is 5.32 Å². The third-order valence-corrected chi connectivity index (χ3v) is 3.44. The van der Waals surface area contributed by atoms with Crippen LogP contribution < -0.4 is 5.32 Å². The lowest BCUT2D eigenvalue weighted by Gasteiger charge is -2.37. The van der Waals surface area contributed by atoms with Gasteiger partial charge in [0.05, 0.1) is 18.8 Å². The minimum Gasteiger partial charge on any atom is -0.380 e. The molecule has 1 N–H and O–H groups in total. The minimum absolute atomic E-state index is 0.0154. The van der Waals surface area contributed by atoms with Gasteiger partial charge in [-0.1, -0.05) is 0 Å². The van der Waals surface area contributed by atoms with Crippen LogP contribution in [0.3, 0.4) is 0 Å². The number of rotatable bonds is 5. The van der Waals surface area contributed by atoms with E-state index in [1.54, 1.807) is 0 Å². The summed E-state index contributed by atoms with van der Waals surface area (Å²) in [5.74, 6) is 0. The largest absolute Gasteiger partial charge is 0.380 e. The lowest BCUT2D eigenvalue weighted by Crippen LogP contribution is -2.48. The van der Waals surface area contributed by atoms with Gasteiger partial charge in [0.15, 0.2) is 0 Å². The third kappa shape index (κ3) is 3.17. The van der Waals surface area contributed by atoms with Gasteiger partial charge in [-0.2, -0.15) is 0 Å². The fraction of sp³-hybridized carbons (Fsp3) is 1.00. The summed E-state index contributed by atoms with van der Waals surface area (Å²) < 4.78 is 16.7. The van der Waals surface area contributed by atoms with Crippen molar-refractivity contribution in [1.82, 2.24) is 5.32 Å². The SMILES string of the molecule is CCOCCNC1CCOC2(CCOC2)C1. The monoisotopic (exact) mass is 229 g/mol. The van der Waals surface area contributed by atoms with Gasteiger partial charge in [0.1, 0.15) is 0 Å². The van der Waals surface area contributed by atoms with Crippen LogP contribution in [0.15, 0.2) is 0 Å². The molecule has 0 aromatic heterocycles. The molecule has 4 nitrogen and oxygen atoms in total. The van der Waals surface area contributed by atoms with E-state index >= 15 is 0 Å². The summed E-state index contributed by atoms with van der Waals surface area (Å²) in [4.78, 5) is 0. The van der Waals surface area contributed by atoms with Gasteiger partial charge in [-0.25, -0.2) is 0 Å². The highest BCUT2D eigenvalue weighted by atomic mass is 16.6. The first kappa shape index (κ1) is 12.3. The molecule has 2 aliphatic rings.